The van der Waals surface area contributed by atoms with Crippen LogP contribution in [0.15, 0.2) is 18.3 Å². The number of aromatic nitrogens is 1. The number of aliphatic hydroxyl groups is 1. The summed E-state index contributed by atoms with van der Waals surface area (Å²) in [5.74, 6) is 0. The monoisotopic (exact) mass is 248 g/mol. The summed E-state index contributed by atoms with van der Waals surface area (Å²) in [6.07, 6.45) is 9.41. The highest BCUT2D eigenvalue weighted by Gasteiger charge is 2.17. The SMILES string of the molecule is C[C@@H](O)c1ccc(N(C)C2CCCCCC2)cn1. The summed E-state index contributed by atoms with van der Waals surface area (Å²) in [7, 11) is 2.16. The Morgan fingerprint density at radius 3 is 2.39 bits per heavy atom. The van der Waals surface area contributed by atoms with Crippen LogP contribution >= 0.6 is 0 Å². The Kier molecular flexibility index (Phi) is 4.59. The third kappa shape index (κ3) is 3.22. The molecule has 100 valence electrons. The van der Waals surface area contributed by atoms with E-state index in [1.54, 1.807) is 6.92 Å². The molecule has 0 aliphatic heterocycles. The van der Waals surface area contributed by atoms with E-state index >= 15 is 0 Å². The molecule has 2 rings (SSSR count). The molecule has 0 aromatic carbocycles. The number of anilines is 1. The first-order valence-electron chi connectivity index (χ1n) is 7.05. The maximum atomic E-state index is 9.46. The third-order valence-corrected chi connectivity index (χ3v) is 3.98. The van der Waals surface area contributed by atoms with Crippen molar-refractivity contribution < 1.29 is 5.11 Å². The largest absolute Gasteiger partial charge is 0.387 e. The van der Waals surface area contributed by atoms with Crippen molar-refractivity contribution in [3.8, 4) is 0 Å². The minimum absolute atomic E-state index is 0.484. The molecule has 1 aliphatic carbocycles. The Morgan fingerprint density at radius 1 is 1.22 bits per heavy atom. The van der Waals surface area contributed by atoms with E-state index in [2.05, 4.69) is 23.0 Å². The standard InChI is InChI=1S/C15H24N2O/c1-12(18)15-10-9-14(11-16-15)17(2)13-7-5-3-4-6-8-13/h9-13,18H,3-8H2,1-2H3/t12-/m1/s1. The smallest absolute Gasteiger partial charge is 0.0931 e. The molecule has 1 heterocycles. The fourth-order valence-electron chi connectivity index (χ4n) is 2.71. The van der Waals surface area contributed by atoms with Gasteiger partial charge in [0.15, 0.2) is 0 Å². The van der Waals surface area contributed by atoms with Crippen LogP contribution in [0.5, 0.6) is 0 Å². The first kappa shape index (κ1) is 13.3. The number of rotatable bonds is 3. The van der Waals surface area contributed by atoms with Crippen molar-refractivity contribution in [2.75, 3.05) is 11.9 Å². The number of hydrogen-bond donors (Lipinski definition) is 1. The lowest BCUT2D eigenvalue weighted by molar-refractivity contribution is 0.194. The second-order valence-electron chi connectivity index (χ2n) is 5.37. The molecule has 3 nitrogen and oxygen atoms in total. The minimum Gasteiger partial charge on any atom is -0.387 e. The molecule has 18 heavy (non-hydrogen) atoms. The van der Waals surface area contributed by atoms with Crippen LogP contribution in [-0.4, -0.2) is 23.2 Å². The topological polar surface area (TPSA) is 36.4 Å². The minimum atomic E-state index is -0.484. The van der Waals surface area contributed by atoms with Gasteiger partial charge in [-0.3, -0.25) is 4.98 Å². The maximum absolute atomic E-state index is 9.46. The van der Waals surface area contributed by atoms with E-state index < -0.39 is 6.10 Å². The van der Waals surface area contributed by atoms with Gasteiger partial charge in [-0.05, 0) is 31.9 Å². The molecule has 0 saturated heterocycles. The Hall–Kier alpha value is -1.09. The Labute approximate surface area is 110 Å². The van der Waals surface area contributed by atoms with Gasteiger partial charge in [-0.25, -0.2) is 0 Å². The molecule has 3 heteroatoms. The molecule has 1 aliphatic rings. The Balaban J connectivity index is 2.05. The van der Waals surface area contributed by atoms with Crippen LogP contribution in [0.25, 0.3) is 0 Å². The van der Waals surface area contributed by atoms with Crippen molar-refractivity contribution in [3.05, 3.63) is 24.0 Å². The van der Waals surface area contributed by atoms with Crippen LogP contribution in [0.4, 0.5) is 5.69 Å². The zero-order valence-electron chi connectivity index (χ0n) is 11.5. The van der Waals surface area contributed by atoms with Gasteiger partial charge in [0, 0.05) is 13.1 Å². The van der Waals surface area contributed by atoms with Gasteiger partial charge in [-0.1, -0.05) is 25.7 Å². The number of pyridine rings is 1. The molecule has 1 fully saturated rings. The van der Waals surface area contributed by atoms with Crippen molar-refractivity contribution >= 4 is 5.69 Å². The summed E-state index contributed by atoms with van der Waals surface area (Å²) in [6.45, 7) is 1.75. The summed E-state index contributed by atoms with van der Waals surface area (Å²) in [4.78, 5) is 6.68. The predicted octanol–water partition coefficient (Wildman–Crippen LogP) is 3.29. The van der Waals surface area contributed by atoms with Crippen LogP contribution in [-0.2, 0) is 0 Å². The molecule has 1 aromatic rings. The summed E-state index contributed by atoms with van der Waals surface area (Å²) in [6, 6.07) is 4.64. The predicted molar refractivity (Wildman–Crippen MR) is 74.8 cm³/mol. The lowest BCUT2D eigenvalue weighted by Crippen LogP contribution is -2.31. The number of nitrogens with zero attached hydrogens (tertiary/aromatic N) is 2. The fourth-order valence-corrected chi connectivity index (χ4v) is 2.71. The Bertz CT molecular complexity index is 353. The van der Waals surface area contributed by atoms with Gasteiger partial charge >= 0.3 is 0 Å². The molecule has 0 amide bonds. The molecule has 0 bridgehead atoms. The molecule has 1 atom stereocenters. The van der Waals surface area contributed by atoms with Gasteiger partial charge in [0.05, 0.1) is 23.7 Å². The maximum Gasteiger partial charge on any atom is 0.0931 e. The van der Waals surface area contributed by atoms with Crippen LogP contribution in [0, 0.1) is 0 Å². The molecule has 0 spiro atoms. The summed E-state index contributed by atoms with van der Waals surface area (Å²) >= 11 is 0. The summed E-state index contributed by atoms with van der Waals surface area (Å²) in [5, 5.41) is 9.46. The quantitative estimate of drug-likeness (QED) is 0.834. The number of aliphatic hydroxyl groups excluding tert-OH is 1. The molecule has 1 aromatic heterocycles. The first-order chi connectivity index (χ1) is 8.68. The van der Waals surface area contributed by atoms with Gasteiger partial charge in [-0.2, -0.15) is 0 Å². The van der Waals surface area contributed by atoms with Crippen LogP contribution < -0.4 is 4.90 Å². The van der Waals surface area contributed by atoms with E-state index in [0.29, 0.717) is 6.04 Å². The second-order valence-corrected chi connectivity index (χ2v) is 5.37. The third-order valence-electron chi connectivity index (χ3n) is 3.98. The van der Waals surface area contributed by atoms with E-state index in [-0.39, 0.29) is 0 Å². The molecule has 1 N–H and O–H groups in total. The molecular formula is C15H24N2O. The van der Waals surface area contributed by atoms with Crippen LogP contribution in [0.2, 0.25) is 0 Å². The summed E-state index contributed by atoms with van der Waals surface area (Å²) < 4.78 is 0. The Morgan fingerprint density at radius 2 is 1.89 bits per heavy atom. The van der Waals surface area contributed by atoms with Crippen molar-refractivity contribution in [1.82, 2.24) is 4.98 Å². The van der Waals surface area contributed by atoms with E-state index in [1.807, 2.05) is 12.3 Å². The number of hydrogen-bond acceptors (Lipinski definition) is 3. The van der Waals surface area contributed by atoms with E-state index in [9.17, 15) is 5.11 Å². The highest BCUT2D eigenvalue weighted by atomic mass is 16.3. The average molecular weight is 248 g/mol. The summed E-state index contributed by atoms with van der Waals surface area (Å²) in [5.41, 5.74) is 1.90. The highest BCUT2D eigenvalue weighted by Crippen LogP contribution is 2.25. The molecule has 1 saturated carbocycles. The zero-order valence-corrected chi connectivity index (χ0v) is 11.5. The van der Waals surface area contributed by atoms with Crippen LogP contribution in [0.1, 0.15) is 57.2 Å². The lowest BCUT2D eigenvalue weighted by Gasteiger charge is -2.29. The average Bonchev–Trinajstić information content (AvgIpc) is 2.67. The van der Waals surface area contributed by atoms with Crippen molar-refractivity contribution in [3.63, 3.8) is 0 Å². The second kappa shape index (κ2) is 6.19. The highest BCUT2D eigenvalue weighted by molar-refractivity contribution is 5.45. The molecule has 0 unspecified atom stereocenters. The van der Waals surface area contributed by atoms with E-state index in [0.717, 1.165) is 11.4 Å². The van der Waals surface area contributed by atoms with Gasteiger partial charge in [-0.15, -0.1) is 0 Å². The lowest BCUT2D eigenvalue weighted by atomic mass is 10.1. The van der Waals surface area contributed by atoms with E-state index in [1.165, 1.54) is 38.5 Å². The normalized spacial score (nSPS) is 19.3. The van der Waals surface area contributed by atoms with Gasteiger partial charge in [0.1, 0.15) is 0 Å². The van der Waals surface area contributed by atoms with E-state index in [4.69, 9.17) is 0 Å². The molecular weight excluding hydrogens is 224 g/mol. The van der Waals surface area contributed by atoms with Crippen molar-refractivity contribution in [2.24, 2.45) is 0 Å². The first-order valence-corrected chi connectivity index (χ1v) is 7.05. The van der Waals surface area contributed by atoms with Gasteiger partial charge in [0.25, 0.3) is 0 Å². The van der Waals surface area contributed by atoms with Gasteiger partial charge in [0.2, 0.25) is 0 Å². The fraction of sp³-hybridized carbons (Fsp3) is 0.667. The van der Waals surface area contributed by atoms with Crippen molar-refractivity contribution in [1.29, 1.82) is 0 Å². The van der Waals surface area contributed by atoms with Crippen LogP contribution in [0.3, 0.4) is 0 Å². The molecule has 0 radical (unpaired) electrons. The van der Waals surface area contributed by atoms with Crippen molar-refractivity contribution in [2.45, 2.75) is 57.6 Å². The van der Waals surface area contributed by atoms with Gasteiger partial charge < -0.3 is 10.0 Å². The zero-order chi connectivity index (χ0) is 13.0.